The summed E-state index contributed by atoms with van der Waals surface area (Å²) in [6.07, 6.45) is 11.3. The number of nitrogens with one attached hydrogen (secondary N) is 3. The standard InChI is InChI=1S/C35H49N7O2S/c1-5-44-30-22-26(35(43)42-18-12-27(13-19-42)41-20-15-36-16-21-41)11-10-25(30)23-32-37-29-14-17-40(4)33(29)34(39-32)38-28-8-6-7-9-31(28)45-24(2)3/h8-11,14,17,22,24,27,32,36-37H,5-7,12-13,15-16,18-21,23H2,1-4H3,(H,38,39). The molecule has 1 aromatic carbocycles. The molecule has 6 rings (SSSR count). The number of thioether (sulfide) groups is 1. The Morgan fingerprint density at radius 1 is 1.11 bits per heavy atom. The molecule has 1 aliphatic carbocycles. The number of fused-ring (bicyclic) bond motifs is 1. The molecule has 4 aliphatic rings. The van der Waals surface area contributed by atoms with E-state index in [4.69, 9.17) is 9.73 Å². The molecule has 2 aromatic rings. The largest absolute Gasteiger partial charge is 0.494 e. The van der Waals surface area contributed by atoms with Gasteiger partial charge in [0, 0.05) is 86.4 Å². The van der Waals surface area contributed by atoms with Crippen LogP contribution in [0.1, 0.15) is 68.1 Å². The SMILES string of the molecule is CCOc1cc(C(=O)N2CCC(N3CCNCC3)CC2)ccc1CC1N=C(NC2=CCCC=C2SC(C)C)c2c(ccn2C)N1. The third kappa shape index (κ3) is 7.45. The van der Waals surface area contributed by atoms with E-state index in [0.717, 1.165) is 99.2 Å². The molecule has 2 fully saturated rings. The van der Waals surface area contributed by atoms with E-state index in [1.807, 2.05) is 35.7 Å². The number of aliphatic imine (C=N–C) groups is 1. The summed E-state index contributed by atoms with van der Waals surface area (Å²) in [5.74, 6) is 1.73. The fourth-order valence-corrected chi connectivity index (χ4v) is 7.82. The summed E-state index contributed by atoms with van der Waals surface area (Å²) in [6.45, 7) is 12.9. The number of nitrogens with zero attached hydrogens (tertiary/aromatic N) is 4. The molecule has 4 heterocycles. The molecule has 10 heteroatoms. The molecular weight excluding hydrogens is 582 g/mol. The normalized spacial score (nSPS) is 21.0. The van der Waals surface area contributed by atoms with Crippen molar-refractivity contribution in [2.24, 2.45) is 12.0 Å². The minimum absolute atomic E-state index is 0.0966. The quantitative estimate of drug-likeness (QED) is 0.361. The summed E-state index contributed by atoms with van der Waals surface area (Å²) in [4.78, 5) is 24.7. The first-order valence-corrected chi connectivity index (χ1v) is 17.6. The van der Waals surface area contributed by atoms with Crippen LogP contribution < -0.4 is 20.7 Å². The van der Waals surface area contributed by atoms with Crippen molar-refractivity contribution >= 4 is 29.2 Å². The molecule has 9 nitrogen and oxygen atoms in total. The van der Waals surface area contributed by atoms with E-state index in [1.165, 1.54) is 4.91 Å². The first-order chi connectivity index (χ1) is 21.9. The number of carbonyl (C=O) groups excluding carboxylic acids is 1. The van der Waals surface area contributed by atoms with Crippen molar-refractivity contribution in [1.82, 2.24) is 25.0 Å². The third-order valence-corrected chi connectivity index (χ3v) is 10.2. The van der Waals surface area contributed by atoms with Gasteiger partial charge < -0.3 is 30.2 Å². The second-order valence-corrected chi connectivity index (χ2v) is 14.3. The Hall–Kier alpha value is -3.21. The van der Waals surface area contributed by atoms with Crippen LogP contribution in [-0.2, 0) is 13.5 Å². The number of amides is 1. The predicted octanol–water partition coefficient (Wildman–Crippen LogP) is 4.97. The maximum atomic E-state index is 13.6. The fraction of sp³-hybridized carbons (Fsp3) is 0.543. The van der Waals surface area contributed by atoms with Crippen LogP contribution in [0.15, 0.2) is 58.2 Å². The van der Waals surface area contributed by atoms with E-state index in [2.05, 4.69) is 76.8 Å². The number of anilines is 1. The summed E-state index contributed by atoms with van der Waals surface area (Å²) in [7, 11) is 2.06. The Morgan fingerprint density at radius 2 is 1.89 bits per heavy atom. The second-order valence-electron chi connectivity index (χ2n) is 12.7. The van der Waals surface area contributed by atoms with E-state index < -0.39 is 0 Å². The number of piperidine rings is 1. The topological polar surface area (TPSA) is 86.2 Å². The van der Waals surface area contributed by atoms with Gasteiger partial charge >= 0.3 is 0 Å². The third-order valence-electron chi connectivity index (χ3n) is 9.08. The Kier molecular flexibility index (Phi) is 10.2. The summed E-state index contributed by atoms with van der Waals surface area (Å²) in [5.41, 5.74) is 4.99. The number of allylic oxidation sites excluding steroid dienone is 2. The molecule has 0 bridgehead atoms. The zero-order chi connectivity index (χ0) is 31.3. The maximum absolute atomic E-state index is 13.6. The zero-order valence-electron chi connectivity index (χ0n) is 27.3. The van der Waals surface area contributed by atoms with Crippen LogP contribution in [-0.4, -0.2) is 89.4 Å². The molecule has 1 amide bonds. The van der Waals surface area contributed by atoms with Crippen molar-refractivity contribution in [1.29, 1.82) is 0 Å². The first kappa shape index (κ1) is 31.8. The lowest BCUT2D eigenvalue weighted by atomic mass is 10.0. The Balaban J connectivity index is 1.17. The number of amidine groups is 1. The molecule has 242 valence electrons. The summed E-state index contributed by atoms with van der Waals surface area (Å²) < 4.78 is 8.24. The van der Waals surface area contributed by atoms with E-state index in [-0.39, 0.29) is 12.1 Å². The number of ether oxygens (including phenoxy) is 1. The van der Waals surface area contributed by atoms with E-state index in [9.17, 15) is 4.79 Å². The maximum Gasteiger partial charge on any atom is 0.253 e. The Labute approximate surface area is 272 Å². The molecule has 0 spiro atoms. The van der Waals surface area contributed by atoms with Gasteiger partial charge in [0.2, 0.25) is 0 Å². The molecule has 2 saturated heterocycles. The van der Waals surface area contributed by atoms with Crippen molar-refractivity contribution in [3.05, 3.63) is 70.0 Å². The van der Waals surface area contributed by atoms with Gasteiger partial charge in [-0.3, -0.25) is 9.69 Å². The highest BCUT2D eigenvalue weighted by Gasteiger charge is 2.29. The minimum Gasteiger partial charge on any atom is -0.494 e. The minimum atomic E-state index is -0.179. The van der Waals surface area contributed by atoms with Gasteiger partial charge in [-0.25, -0.2) is 4.99 Å². The van der Waals surface area contributed by atoms with E-state index in [0.29, 0.717) is 29.9 Å². The van der Waals surface area contributed by atoms with Gasteiger partial charge in [-0.15, -0.1) is 11.8 Å². The smallest absolute Gasteiger partial charge is 0.253 e. The number of carbonyl (C=O) groups is 1. The zero-order valence-corrected chi connectivity index (χ0v) is 28.1. The molecule has 1 aromatic heterocycles. The van der Waals surface area contributed by atoms with Crippen molar-refractivity contribution in [3.63, 3.8) is 0 Å². The van der Waals surface area contributed by atoms with Crippen LogP contribution in [0.25, 0.3) is 0 Å². The molecule has 3 aliphatic heterocycles. The number of aromatic nitrogens is 1. The average molecular weight is 632 g/mol. The van der Waals surface area contributed by atoms with Crippen LogP contribution in [0.4, 0.5) is 5.69 Å². The highest BCUT2D eigenvalue weighted by atomic mass is 32.2. The van der Waals surface area contributed by atoms with Gasteiger partial charge in [0.05, 0.1) is 12.3 Å². The lowest BCUT2D eigenvalue weighted by Crippen LogP contribution is -2.52. The van der Waals surface area contributed by atoms with Gasteiger partial charge in [0.15, 0.2) is 5.84 Å². The average Bonchev–Trinajstić information content (AvgIpc) is 3.43. The molecule has 1 atom stereocenters. The molecule has 45 heavy (non-hydrogen) atoms. The number of rotatable bonds is 9. The van der Waals surface area contributed by atoms with Crippen LogP contribution >= 0.6 is 11.8 Å². The van der Waals surface area contributed by atoms with Gasteiger partial charge in [-0.05, 0) is 56.4 Å². The monoisotopic (exact) mass is 631 g/mol. The van der Waals surface area contributed by atoms with Crippen molar-refractivity contribution < 1.29 is 9.53 Å². The highest BCUT2D eigenvalue weighted by Crippen LogP contribution is 2.33. The van der Waals surface area contributed by atoms with Gasteiger partial charge in [-0.1, -0.05) is 32.1 Å². The van der Waals surface area contributed by atoms with Gasteiger partial charge in [-0.2, -0.15) is 0 Å². The molecule has 1 unspecified atom stereocenters. The summed E-state index contributed by atoms with van der Waals surface area (Å²) >= 11 is 1.89. The number of hydrogen-bond donors (Lipinski definition) is 3. The Bertz CT molecular complexity index is 1450. The van der Waals surface area contributed by atoms with Crippen LogP contribution in [0.2, 0.25) is 0 Å². The number of piperazine rings is 1. The second kappa shape index (κ2) is 14.5. The van der Waals surface area contributed by atoms with Crippen molar-refractivity contribution in [2.45, 2.75) is 70.3 Å². The Morgan fingerprint density at radius 3 is 2.64 bits per heavy atom. The summed E-state index contributed by atoms with van der Waals surface area (Å²) in [5, 5.41) is 11.3. The highest BCUT2D eigenvalue weighted by molar-refractivity contribution is 8.03. The van der Waals surface area contributed by atoms with E-state index in [1.54, 1.807) is 0 Å². The van der Waals surface area contributed by atoms with Crippen molar-refractivity contribution in [3.8, 4) is 5.75 Å². The first-order valence-electron chi connectivity index (χ1n) is 16.7. The van der Waals surface area contributed by atoms with Crippen LogP contribution in [0.5, 0.6) is 5.75 Å². The molecule has 0 radical (unpaired) electrons. The van der Waals surface area contributed by atoms with Gasteiger partial charge in [0.25, 0.3) is 5.91 Å². The van der Waals surface area contributed by atoms with Crippen LogP contribution in [0.3, 0.4) is 0 Å². The molecular formula is C35H49N7O2S. The fourth-order valence-electron chi connectivity index (χ4n) is 6.83. The summed E-state index contributed by atoms with van der Waals surface area (Å²) in [6, 6.07) is 8.66. The molecule has 0 saturated carbocycles. The van der Waals surface area contributed by atoms with Crippen molar-refractivity contribution in [2.75, 3.05) is 51.2 Å². The van der Waals surface area contributed by atoms with Gasteiger partial charge in [0.1, 0.15) is 17.6 Å². The lowest BCUT2D eigenvalue weighted by molar-refractivity contribution is 0.0601. The van der Waals surface area contributed by atoms with E-state index >= 15 is 0 Å². The predicted molar refractivity (Wildman–Crippen MR) is 185 cm³/mol. The number of aryl methyl sites for hydroxylation is 1. The number of hydrogen-bond acceptors (Lipinski definition) is 8. The lowest BCUT2D eigenvalue weighted by Gasteiger charge is -2.40. The molecule has 3 N–H and O–H groups in total. The van der Waals surface area contributed by atoms with Crippen LogP contribution in [0, 0.1) is 0 Å². The number of benzene rings is 1. The number of likely N-dealkylation sites (tertiary alicyclic amines) is 1.